The number of hydrogen-bond donors (Lipinski definition) is 1. The van der Waals surface area contributed by atoms with Crippen LogP contribution in [-0.4, -0.2) is 53.8 Å². The van der Waals surface area contributed by atoms with E-state index in [1.807, 2.05) is 0 Å². The van der Waals surface area contributed by atoms with Crippen molar-refractivity contribution in [3.05, 3.63) is 0 Å². The molecule has 0 aromatic rings. The lowest BCUT2D eigenvalue weighted by atomic mass is 9.95. The van der Waals surface area contributed by atoms with Gasteiger partial charge in [0.1, 0.15) is 0 Å². The van der Waals surface area contributed by atoms with Crippen LogP contribution in [0.25, 0.3) is 0 Å². The second-order valence-corrected chi connectivity index (χ2v) is 5.07. The van der Waals surface area contributed by atoms with Crippen LogP contribution in [0.15, 0.2) is 0 Å². The minimum absolute atomic E-state index is 0.0775. The van der Waals surface area contributed by atoms with Crippen molar-refractivity contribution < 1.29 is 9.59 Å². The Hall–Kier alpha value is -0.940. The van der Waals surface area contributed by atoms with Crippen molar-refractivity contribution in [3.8, 4) is 0 Å². The minimum Gasteiger partial charge on any atom is -0.327 e. The van der Waals surface area contributed by atoms with Gasteiger partial charge in [-0.15, -0.1) is 0 Å². The normalized spacial score (nSPS) is 37.2. The molecule has 2 aliphatic heterocycles. The number of nitrogens with two attached hydrogens (primary N) is 1. The van der Waals surface area contributed by atoms with Gasteiger partial charge in [-0.25, -0.2) is 0 Å². The number of rotatable bonds is 1. The van der Waals surface area contributed by atoms with E-state index >= 15 is 0 Å². The summed E-state index contributed by atoms with van der Waals surface area (Å²) in [6, 6.07) is -0.149. The molecule has 2 saturated heterocycles. The van der Waals surface area contributed by atoms with Gasteiger partial charge in [0.15, 0.2) is 0 Å². The summed E-state index contributed by atoms with van der Waals surface area (Å²) in [4.78, 5) is 26.6. The number of hydrogen-bond acceptors (Lipinski definition) is 4. The summed E-state index contributed by atoms with van der Waals surface area (Å²) in [7, 11) is 1.55. The first-order valence-corrected chi connectivity index (χ1v) is 5.79. The van der Waals surface area contributed by atoms with Crippen LogP contribution in [0.2, 0.25) is 0 Å². The molecular weight excluding hydrogens is 206 g/mol. The largest absolute Gasteiger partial charge is 0.327 e. The molecule has 0 radical (unpaired) electrons. The van der Waals surface area contributed by atoms with Gasteiger partial charge in [0.25, 0.3) is 0 Å². The predicted molar refractivity (Wildman–Crippen MR) is 59.5 cm³/mol. The highest BCUT2D eigenvalue weighted by atomic mass is 16.2. The Morgan fingerprint density at radius 3 is 2.50 bits per heavy atom. The van der Waals surface area contributed by atoms with Crippen LogP contribution in [0.1, 0.15) is 19.8 Å². The zero-order valence-corrected chi connectivity index (χ0v) is 9.85. The Morgan fingerprint density at radius 1 is 1.31 bits per heavy atom. The number of carbonyl (C=O) groups is 2. The molecular formula is C11H19N3O2. The molecule has 5 nitrogen and oxygen atoms in total. The first-order valence-electron chi connectivity index (χ1n) is 5.79. The number of imide groups is 1. The molecule has 2 amide bonds. The fourth-order valence-electron chi connectivity index (χ4n) is 2.72. The molecule has 5 heteroatoms. The van der Waals surface area contributed by atoms with Crippen LogP contribution in [0.5, 0.6) is 0 Å². The summed E-state index contributed by atoms with van der Waals surface area (Å²) >= 11 is 0. The summed E-state index contributed by atoms with van der Waals surface area (Å²) in [6.45, 7) is 3.73. The Morgan fingerprint density at radius 2 is 2.00 bits per heavy atom. The van der Waals surface area contributed by atoms with E-state index in [0.29, 0.717) is 12.3 Å². The van der Waals surface area contributed by atoms with E-state index in [1.165, 1.54) is 4.90 Å². The van der Waals surface area contributed by atoms with Gasteiger partial charge in [-0.2, -0.15) is 0 Å². The summed E-state index contributed by atoms with van der Waals surface area (Å²) in [5.74, 6) is 0.339. The van der Waals surface area contributed by atoms with Crippen molar-refractivity contribution in [2.75, 3.05) is 20.1 Å². The average molecular weight is 225 g/mol. The Labute approximate surface area is 95.6 Å². The van der Waals surface area contributed by atoms with Gasteiger partial charge in [-0.05, 0) is 12.3 Å². The van der Waals surface area contributed by atoms with Gasteiger partial charge in [-0.1, -0.05) is 6.92 Å². The molecule has 2 aliphatic rings. The van der Waals surface area contributed by atoms with Crippen LogP contribution in [-0.2, 0) is 9.59 Å². The Bertz CT molecular complexity index is 308. The Balaban J connectivity index is 2.08. The third kappa shape index (κ3) is 1.97. The molecule has 0 saturated carbocycles. The highest BCUT2D eigenvalue weighted by Gasteiger charge is 2.41. The van der Waals surface area contributed by atoms with Crippen molar-refractivity contribution in [3.63, 3.8) is 0 Å². The minimum atomic E-state index is -0.272. The van der Waals surface area contributed by atoms with Gasteiger partial charge < -0.3 is 5.73 Å². The average Bonchev–Trinajstić information content (AvgIpc) is 2.44. The van der Waals surface area contributed by atoms with Crippen molar-refractivity contribution in [1.29, 1.82) is 0 Å². The highest BCUT2D eigenvalue weighted by molar-refractivity contribution is 6.05. The van der Waals surface area contributed by atoms with Crippen LogP contribution in [0, 0.1) is 5.92 Å². The molecule has 16 heavy (non-hydrogen) atoms. The van der Waals surface area contributed by atoms with Crippen molar-refractivity contribution >= 4 is 11.8 Å². The van der Waals surface area contributed by atoms with Gasteiger partial charge >= 0.3 is 0 Å². The number of carbonyl (C=O) groups excluding carboxylic acids is 2. The molecule has 0 aromatic carbocycles. The molecule has 3 atom stereocenters. The fraction of sp³-hybridized carbons (Fsp3) is 0.818. The van der Waals surface area contributed by atoms with Gasteiger partial charge in [-0.3, -0.25) is 19.4 Å². The number of likely N-dealkylation sites (tertiary alicyclic amines) is 2. The molecule has 0 aromatic heterocycles. The van der Waals surface area contributed by atoms with Gasteiger partial charge in [0.05, 0.1) is 12.5 Å². The van der Waals surface area contributed by atoms with Gasteiger partial charge in [0, 0.05) is 26.2 Å². The fourth-order valence-corrected chi connectivity index (χ4v) is 2.72. The monoisotopic (exact) mass is 225 g/mol. The van der Waals surface area contributed by atoms with E-state index < -0.39 is 0 Å². The molecule has 0 aliphatic carbocycles. The third-order valence-corrected chi connectivity index (χ3v) is 3.52. The number of piperidine rings is 1. The van der Waals surface area contributed by atoms with E-state index in [0.717, 1.165) is 19.5 Å². The standard InChI is InChI=1S/C11H19N3O2/c1-7-3-8(12)6-14(5-7)9-4-10(15)13(2)11(9)16/h7-9H,3-6,12H2,1-2H3. The Kier molecular flexibility index (Phi) is 2.99. The molecule has 2 rings (SSSR count). The molecule has 2 N–H and O–H groups in total. The number of likely N-dealkylation sites (N-methyl/N-ethyl adjacent to an activating group) is 1. The van der Waals surface area contributed by atoms with Crippen LogP contribution < -0.4 is 5.73 Å². The maximum Gasteiger partial charge on any atom is 0.246 e. The smallest absolute Gasteiger partial charge is 0.246 e. The second-order valence-electron chi connectivity index (χ2n) is 5.07. The second kappa shape index (κ2) is 4.14. The lowest BCUT2D eigenvalue weighted by molar-refractivity contribution is -0.138. The predicted octanol–water partition coefficient (Wildman–Crippen LogP) is -0.587. The molecule has 3 unspecified atom stereocenters. The summed E-state index contributed by atoms with van der Waals surface area (Å²) < 4.78 is 0. The van der Waals surface area contributed by atoms with Crippen molar-refractivity contribution in [2.24, 2.45) is 11.7 Å². The van der Waals surface area contributed by atoms with Crippen molar-refractivity contribution in [1.82, 2.24) is 9.80 Å². The van der Waals surface area contributed by atoms with Gasteiger partial charge in [0.2, 0.25) is 11.8 Å². The number of nitrogens with zero attached hydrogens (tertiary/aromatic N) is 2. The molecule has 90 valence electrons. The first kappa shape index (κ1) is 11.5. The summed E-state index contributed by atoms with van der Waals surface area (Å²) in [6.07, 6.45) is 1.32. The zero-order chi connectivity index (χ0) is 11.9. The van der Waals surface area contributed by atoms with E-state index in [9.17, 15) is 9.59 Å². The quantitative estimate of drug-likeness (QED) is 0.606. The van der Waals surface area contributed by atoms with Crippen LogP contribution in [0.3, 0.4) is 0 Å². The third-order valence-electron chi connectivity index (χ3n) is 3.52. The van der Waals surface area contributed by atoms with Crippen molar-refractivity contribution in [2.45, 2.75) is 31.8 Å². The maximum absolute atomic E-state index is 11.9. The highest BCUT2D eigenvalue weighted by Crippen LogP contribution is 2.23. The molecule has 0 spiro atoms. The first-order chi connectivity index (χ1) is 7.49. The lowest BCUT2D eigenvalue weighted by Gasteiger charge is -2.37. The maximum atomic E-state index is 11.9. The van der Waals surface area contributed by atoms with E-state index in [-0.39, 0.29) is 23.9 Å². The van der Waals surface area contributed by atoms with Crippen LogP contribution in [0.4, 0.5) is 0 Å². The lowest BCUT2D eigenvalue weighted by Crippen LogP contribution is -2.52. The summed E-state index contributed by atoms with van der Waals surface area (Å²) in [5.41, 5.74) is 5.95. The van der Waals surface area contributed by atoms with E-state index in [2.05, 4.69) is 11.8 Å². The van der Waals surface area contributed by atoms with E-state index in [4.69, 9.17) is 5.73 Å². The molecule has 2 fully saturated rings. The summed E-state index contributed by atoms with van der Waals surface area (Å²) in [5, 5.41) is 0. The molecule has 0 bridgehead atoms. The molecule has 2 heterocycles. The van der Waals surface area contributed by atoms with E-state index in [1.54, 1.807) is 7.05 Å². The topological polar surface area (TPSA) is 66.6 Å². The van der Waals surface area contributed by atoms with Crippen LogP contribution >= 0.6 is 0 Å². The number of amides is 2. The SMILES string of the molecule is CC1CC(N)CN(C2CC(=O)N(C)C2=O)C1. The zero-order valence-electron chi connectivity index (χ0n) is 9.85.